The molecule has 112 valence electrons. The minimum atomic E-state index is 0.270. The molecule has 0 aliphatic carbocycles. The van der Waals surface area contributed by atoms with E-state index in [0.29, 0.717) is 6.61 Å². The van der Waals surface area contributed by atoms with Crippen LogP contribution < -0.4 is 14.8 Å². The van der Waals surface area contributed by atoms with Gasteiger partial charge >= 0.3 is 0 Å². The Kier molecular flexibility index (Phi) is 5.64. The van der Waals surface area contributed by atoms with E-state index in [-0.39, 0.29) is 6.04 Å². The minimum absolute atomic E-state index is 0.270. The second-order valence-electron chi connectivity index (χ2n) is 4.96. The van der Waals surface area contributed by atoms with Crippen molar-refractivity contribution < 1.29 is 9.47 Å². The molecule has 0 unspecified atom stereocenters. The molecule has 2 aromatic carbocycles. The number of nitrogens with one attached hydrogen (secondary N) is 1. The quantitative estimate of drug-likeness (QED) is 0.835. The average molecular weight is 285 g/mol. The fourth-order valence-corrected chi connectivity index (χ4v) is 2.17. The highest BCUT2D eigenvalue weighted by Crippen LogP contribution is 2.19. The van der Waals surface area contributed by atoms with Crippen LogP contribution in [0, 0.1) is 0 Å². The number of benzene rings is 2. The summed E-state index contributed by atoms with van der Waals surface area (Å²) in [7, 11) is 1.69. The third kappa shape index (κ3) is 4.50. The minimum Gasteiger partial charge on any atom is -0.497 e. The molecule has 0 bridgehead atoms. The molecule has 3 heteroatoms. The summed E-state index contributed by atoms with van der Waals surface area (Å²) in [6.07, 6.45) is 0. The van der Waals surface area contributed by atoms with Crippen molar-refractivity contribution in [3.8, 4) is 11.5 Å². The van der Waals surface area contributed by atoms with Crippen molar-refractivity contribution in [1.82, 2.24) is 5.32 Å². The number of methoxy groups -OCH3 is 1. The first-order valence-electron chi connectivity index (χ1n) is 7.32. The van der Waals surface area contributed by atoms with Crippen LogP contribution >= 0.6 is 0 Å². The Hall–Kier alpha value is -2.00. The standard InChI is InChI=1S/C18H23NO2/c1-4-21-17-10-8-15(9-11-17)13-19-14(2)16-6-5-7-18(12-16)20-3/h5-12,14,19H,4,13H2,1-3H3/t14-/m0/s1. The summed E-state index contributed by atoms with van der Waals surface area (Å²) in [4.78, 5) is 0. The fraction of sp³-hybridized carbons (Fsp3) is 0.333. The summed E-state index contributed by atoms with van der Waals surface area (Å²) in [5.41, 5.74) is 2.47. The van der Waals surface area contributed by atoms with E-state index in [1.54, 1.807) is 7.11 Å². The SMILES string of the molecule is CCOc1ccc(CN[C@@H](C)c2cccc(OC)c2)cc1. The van der Waals surface area contributed by atoms with E-state index in [4.69, 9.17) is 9.47 Å². The first-order valence-corrected chi connectivity index (χ1v) is 7.32. The van der Waals surface area contributed by atoms with Gasteiger partial charge in [0.25, 0.3) is 0 Å². The molecule has 1 N–H and O–H groups in total. The Morgan fingerprint density at radius 2 is 1.81 bits per heavy atom. The summed E-state index contributed by atoms with van der Waals surface area (Å²) in [5.74, 6) is 1.81. The molecule has 1 atom stereocenters. The van der Waals surface area contributed by atoms with Crippen molar-refractivity contribution in [2.75, 3.05) is 13.7 Å². The molecule has 0 aliphatic heterocycles. The van der Waals surface area contributed by atoms with Gasteiger partial charge in [-0.3, -0.25) is 0 Å². The van der Waals surface area contributed by atoms with Crippen molar-refractivity contribution in [1.29, 1.82) is 0 Å². The number of hydrogen-bond donors (Lipinski definition) is 1. The molecule has 0 spiro atoms. The Morgan fingerprint density at radius 3 is 2.48 bits per heavy atom. The molecule has 0 heterocycles. The zero-order chi connectivity index (χ0) is 15.1. The molecule has 0 radical (unpaired) electrons. The Labute approximate surface area is 126 Å². The lowest BCUT2D eigenvalue weighted by molar-refractivity contribution is 0.340. The second-order valence-corrected chi connectivity index (χ2v) is 4.96. The van der Waals surface area contributed by atoms with Gasteiger partial charge in [0.15, 0.2) is 0 Å². The van der Waals surface area contributed by atoms with E-state index in [1.807, 2.05) is 31.2 Å². The predicted octanol–water partition coefficient (Wildman–Crippen LogP) is 3.94. The summed E-state index contributed by atoms with van der Waals surface area (Å²) < 4.78 is 10.7. The largest absolute Gasteiger partial charge is 0.497 e. The second kappa shape index (κ2) is 7.70. The van der Waals surface area contributed by atoms with Crippen LogP contribution in [0.3, 0.4) is 0 Å². The van der Waals surface area contributed by atoms with Gasteiger partial charge in [-0.2, -0.15) is 0 Å². The van der Waals surface area contributed by atoms with E-state index in [9.17, 15) is 0 Å². The van der Waals surface area contributed by atoms with Crippen LogP contribution in [0.4, 0.5) is 0 Å². The zero-order valence-electron chi connectivity index (χ0n) is 12.9. The van der Waals surface area contributed by atoms with Gasteiger partial charge in [-0.15, -0.1) is 0 Å². The summed E-state index contributed by atoms with van der Waals surface area (Å²) in [6.45, 7) is 5.67. The van der Waals surface area contributed by atoms with Crippen LogP contribution in [0.25, 0.3) is 0 Å². The van der Waals surface area contributed by atoms with Gasteiger partial charge in [0.1, 0.15) is 11.5 Å². The van der Waals surface area contributed by atoms with Gasteiger partial charge in [-0.05, 0) is 49.2 Å². The summed E-state index contributed by atoms with van der Waals surface area (Å²) in [5, 5.41) is 3.52. The van der Waals surface area contributed by atoms with Crippen molar-refractivity contribution in [3.63, 3.8) is 0 Å². The van der Waals surface area contributed by atoms with Crippen LogP contribution in [0.2, 0.25) is 0 Å². The Balaban J connectivity index is 1.92. The molecular weight excluding hydrogens is 262 g/mol. The molecule has 0 aliphatic rings. The van der Waals surface area contributed by atoms with Crippen molar-refractivity contribution >= 4 is 0 Å². The maximum absolute atomic E-state index is 5.45. The number of ether oxygens (including phenoxy) is 2. The van der Waals surface area contributed by atoms with Crippen LogP contribution in [0.1, 0.15) is 31.0 Å². The van der Waals surface area contributed by atoms with E-state index in [1.165, 1.54) is 11.1 Å². The summed E-state index contributed by atoms with van der Waals surface area (Å²) in [6, 6.07) is 16.6. The molecule has 2 aromatic rings. The highest BCUT2D eigenvalue weighted by molar-refractivity contribution is 5.31. The van der Waals surface area contributed by atoms with Gasteiger partial charge in [0, 0.05) is 12.6 Å². The Bertz CT molecular complexity index is 551. The van der Waals surface area contributed by atoms with Gasteiger partial charge in [0.05, 0.1) is 13.7 Å². The van der Waals surface area contributed by atoms with E-state index < -0.39 is 0 Å². The first-order chi connectivity index (χ1) is 10.2. The lowest BCUT2D eigenvalue weighted by atomic mass is 10.1. The topological polar surface area (TPSA) is 30.5 Å². The molecule has 2 rings (SSSR count). The first kappa shape index (κ1) is 15.4. The van der Waals surface area contributed by atoms with Crippen LogP contribution in [-0.2, 0) is 6.54 Å². The summed E-state index contributed by atoms with van der Waals surface area (Å²) >= 11 is 0. The highest BCUT2D eigenvalue weighted by atomic mass is 16.5. The van der Waals surface area contributed by atoms with E-state index >= 15 is 0 Å². The number of rotatable bonds is 7. The maximum atomic E-state index is 5.45. The molecule has 3 nitrogen and oxygen atoms in total. The molecule has 0 aromatic heterocycles. The molecule has 0 fully saturated rings. The molecule has 21 heavy (non-hydrogen) atoms. The van der Waals surface area contributed by atoms with Gasteiger partial charge in [-0.25, -0.2) is 0 Å². The smallest absolute Gasteiger partial charge is 0.119 e. The van der Waals surface area contributed by atoms with Crippen molar-refractivity contribution in [2.24, 2.45) is 0 Å². The fourth-order valence-electron chi connectivity index (χ4n) is 2.17. The van der Waals surface area contributed by atoms with E-state index in [2.05, 4.69) is 36.5 Å². The monoisotopic (exact) mass is 285 g/mol. The highest BCUT2D eigenvalue weighted by Gasteiger charge is 2.06. The van der Waals surface area contributed by atoms with Crippen LogP contribution in [0.15, 0.2) is 48.5 Å². The molecule has 0 saturated heterocycles. The lowest BCUT2D eigenvalue weighted by Crippen LogP contribution is -2.18. The number of hydrogen-bond acceptors (Lipinski definition) is 3. The molecule has 0 saturated carbocycles. The average Bonchev–Trinajstić information content (AvgIpc) is 2.54. The van der Waals surface area contributed by atoms with Crippen LogP contribution in [0.5, 0.6) is 11.5 Å². The van der Waals surface area contributed by atoms with E-state index in [0.717, 1.165) is 18.0 Å². The molecular formula is C18H23NO2. The third-order valence-corrected chi connectivity index (χ3v) is 3.44. The maximum Gasteiger partial charge on any atom is 0.119 e. The van der Waals surface area contributed by atoms with Gasteiger partial charge < -0.3 is 14.8 Å². The predicted molar refractivity (Wildman–Crippen MR) is 85.9 cm³/mol. The zero-order valence-corrected chi connectivity index (χ0v) is 12.9. The normalized spacial score (nSPS) is 12.0. The molecule has 0 amide bonds. The van der Waals surface area contributed by atoms with Gasteiger partial charge in [-0.1, -0.05) is 24.3 Å². The third-order valence-electron chi connectivity index (χ3n) is 3.44. The lowest BCUT2D eigenvalue weighted by Gasteiger charge is -2.15. The Morgan fingerprint density at radius 1 is 1.05 bits per heavy atom. The van der Waals surface area contributed by atoms with Gasteiger partial charge in [0.2, 0.25) is 0 Å². The van der Waals surface area contributed by atoms with Crippen molar-refractivity contribution in [3.05, 3.63) is 59.7 Å². The van der Waals surface area contributed by atoms with Crippen molar-refractivity contribution in [2.45, 2.75) is 26.4 Å². The van der Waals surface area contributed by atoms with Crippen LogP contribution in [-0.4, -0.2) is 13.7 Å².